The zero-order valence-electron chi connectivity index (χ0n) is 6.18. The summed E-state index contributed by atoms with van der Waals surface area (Å²) in [6, 6.07) is 20.0. The Labute approximate surface area is 78.3 Å². The van der Waals surface area contributed by atoms with Gasteiger partial charge in [0.2, 0.25) is 0 Å². The number of hydrogen-bond acceptors (Lipinski definition) is 0. The van der Waals surface area contributed by atoms with Crippen molar-refractivity contribution in [1.29, 1.82) is 0 Å². The maximum atomic E-state index is 2.00. The second kappa shape index (κ2) is 7.34. The molecule has 0 aliphatic heterocycles. The van der Waals surface area contributed by atoms with Crippen LogP contribution >= 0.6 is 0 Å². The van der Waals surface area contributed by atoms with Crippen LogP contribution in [-0.2, 0) is 17.4 Å². The Bertz CT molecular complexity index is 144. The third-order valence-electron chi connectivity index (χ3n) is 1.11. The molecule has 0 heterocycles. The molecular formula is C10H10Cr. The predicted molar refractivity (Wildman–Crippen MR) is 44.1 cm³/mol. The standard InChI is InChI=1S/2C5H5.Cr/c2*1-2-4-5-3-1;/h2*1-5H;/q2*-1;+2. The van der Waals surface area contributed by atoms with Crippen LogP contribution in [0, 0.1) is 0 Å². The summed E-state index contributed by atoms with van der Waals surface area (Å²) in [6.07, 6.45) is 0. The zero-order chi connectivity index (χ0) is 7.07. The summed E-state index contributed by atoms with van der Waals surface area (Å²) < 4.78 is 0. The Morgan fingerprint density at radius 2 is 0.818 bits per heavy atom. The Balaban J connectivity index is 0.000000167. The van der Waals surface area contributed by atoms with E-state index in [-0.39, 0.29) is 17.4 Å². The molecule has 11 heavy (non-hydrogen) atoms. The van der Waals surface area contributed by atoms with Crippen molar-refractivity contribution in [2.24, 2.45) is 0 Å². The van der Waals surface area contributed by atoms with Crippen LogP contribution in [-0.4, -0.2) is 0 Å². The van der Waals surface area contributed by atoms with Crippen molar-refractivity contribution in [2.75, 3.05) is 0 Å². The van der Waals surface area contributed by atoms with Gasteiger partial charge in [0.15, 0.2) is 0 Å². The molecule has 2 aromatic rings. The molecule has 0 saturated heterocycles. The van der Waals surface area contributed by atoms with Crippen LogP contribution in [0.1, 0.15) is 0 Å². The van der Waals surface area contributed by atoms with E-state index < -0.39 is 0 Å². The molecule has 0 aromatic heterocycles. The first-order valence-electron chi connectivity index (χ1n) is 3.33. The minimum Gasteiger partial charge on any atom is -0.214 e. The first-order valence-corrected chi connectivity index (χ1v) is 3.33. The molecule has 0 radical (unpaired) electrons. The fraction of sp³-hybridized carbons (Fsp3) is 0. The van der Waals surface area contributed by atoms with E-state index in [0.29, 0.717) is 0 Å². The van der Waals surface area contributed by atoms with Crippen molar-refractivity contribution in [2.45, 2.75) is 0 Å². The molecular weight excluding hydrogens is 172 g/mol. The summed E-state index contributed by atoms with van der Waals surface area (Å²) in [5, 5.41) is 0. The summed E-state index contributed by atoms with van der Waals surface area (Å²) in [5.74, 6) is 0. The van der Waals surface area contributed by atoms with Crippen LogP contribution in [0.2, 0.25) is 0 Å². The second-order valence-electron chi connectivity index (χ2n) is 1.92. The average Bonchev–Trinajstić information content (AvgIpc) is 2.67. The molecule has 0 fully saturated rings. The molecule has 2 aromatic carbocycles. The molecule has 56 valence electrons. The summed E-state index contributed by atoms with van der Waals surface area (Å²) in [6.45, 7) is 0. The number of hydrogen-bond donors (Lipinski definition) is 0. The van der Waals surface area contributed by atoms with E-state index in [2.05, 4.69) is 0 Å². The fourth-order valence-corrected chi connectivity index (χ4v) is 0.642. The largest absolute Gasteiger partial charge is 2.00 e. The van der Waals surface area contributed by atoms with Crippen LogP contribution in [0.25, 0.3) is 0 Å². The molecule has 2 rings (SSSR count). The summed E-state index contributed by atoms with van der Waals surface area (Å²) in [7, 11) is 0. The molecule has 0 bridgehead atoms. The minimum absolute atomic E-state index is 0. The normalized spacial score (nSPS) is 7.27. The molecule has 0 unspecified atom stereocenters. The Morgan fingerprint density at radius 1 is 0.545 bits per heavy atom. The molecule has 1 heteroatoms. The maximum absolute atomic E-state index is 2.00. The van der Waals surface area contributed by atoms with Crippen LogP contribution < -0.4 is 0 Å². The van der Waals surface area contributed by atoms with E-state index in [1.807, 2.05) is 60.7 Å². The third kappa shape index (κ3) is 5.67. The van der Waals surface area contributed by atoms with E-state index in [1.165, 1.54) is 0 Å². The summed E-state index contributed by atoms with van der Waals surface area (Å²) >= 11 is 0. The molecule has 0 aliphatic carbocycles. The van der Waals surface area contributed by atoms with Crippen molar-refractivity contribution in [1.82, 2.24) is 0 Å². The average molecular weight is 182 g/mol. The van der Waals surface area contributed by atoms with Gasteiger partial charge in [-0.15, -0.1) is 0 Å². The van der Waals surface area contributed by atoms with Gasteiger partial charge >= 0.3 is 17.4 Å². The zero-order valence-corrected chi connectivity index (χ0v) is 7.46. The molecule has 0 spiro atoms. The van der Waals surface area contributed by atoms with Gasteiger partial charge in [-0.3, -0.25) is 0 Å². The monoisotopic (exact) mass is 182 g/mol. The number of rotatable bonds is 0. The van der Waals surface area contributed by atoms with Gasteiger partial charge in [0.25, 0.3) is 0 Å². The Morgan fingerprint density at radius 3 is 0.909 bits per heavy atom. The van der Waals surface area contributed by atoms with E-state index in [0.717, 1.165) is 0 Å². The maximum Gasteiger partial charge on any atom is 2.00 e. The predicted octanol–water partition coefficient (Wildman–Crippen LogP) is 2.81. The van der Waals surface area contributed by atoms with Gasteiger partial charge in [-0.2, -0.15) is 36.4 Å². The topological polar surface area (TPSA) is 0 Å². The molecule has 0 nitrogen and oxygen atoms in total. The first kappa shape index (κ1) is 10.2. The van der Waals surface area contributed by atoms with Crippen molar-refractivity contribution >= 4 is 0 Å². The van der Waals surface area contributed by atoms with Crippen LogP contribution in [0.15, 0.2) is 60.7 Å². The molecule has 0 N–H and O–H groups in total. The van der Waals surface area contributed by atoms with Gasteiger partial charge in [-0.1, -0.05) is 0 Å². The Kier molecular flexibility index (Phi) is 6.83. The van der Waals surface area contributed by atoms with E-state index in [9.17, 15) is 0 Å². The van der Waals surface area contributed by atoms with Crippen molar-refractivity contribution < 1.29 is 17.4 Å². The van der Waals surface area contributed by atoms with Crippen molar-refractivity contribution in [3.8, 4) is 0 Å². The SMILES string of the molecule is [Cr+2].c1cc[cH-]c1.c1cc[cH-]c1. The van der Waals surface area contributed by atoms with Crippen molar-refractivity contribution in [3.05, 3.63) is 60.7 Å². The second-order valence-corrected chi connectivity index (χ2v) is 1.92. The molecule has 0 amide bonds. The van der Waals surface area contributed by atoms with Gasteiger partial charge in [-0.25, -0.2) is 24.3 Å². The molecule has 0 aliphatic rings. The van der Waals surface area contributed by atoms with Crippen LogP contribution in [0.5, 0.6) is 0 Å². The van der Waals surface area contributed by atoms with E-state index in [1.54, 1.807) is 0 Å². The summed E-state index contributed by atoms with van der Waals surface area (Å²) in [5.41, 5.74) is 0. The Hall–Kier alpha value is -0.768. The summed E-state index contributed by atoms with van der Waals surface area (Å²) in [4.78, 5) is 0. The third-order valence-corrected chi connectivity index (χ3v) is 1.11. The van der Waals surface area contributed by atoms with E-state index >= 15 is 0 Å². The van der Waals surface area contributed by atoms with E-state index in [4.69, 9.17) is 0 Å². The van der Waals surface area contributed by atoms with Crippen LogP contribution in [0.4, 0.5) is 0 Å². The van der Waals surface area contributed by atoms with Gasteiger partial charge in [0.05, 0.1) is 0 Å². The van der Waals surface area contributed by atoms with Crippen molar-refractivity contribution in [3.63, 3.8) is 0 Å². The quantitative estimate of drug-likeness (QED) is 0.549. The van der Waals surface area contributed by atoms with Gasteiger partial charge in [-0.05, 0) is 0 Å². The minimum atomic E-state index is 0. The van der Waals surface area contributed by atoms with Crippen LogP contribution in [0.3, 0.4) is 0 Å². The first-order chi connectivity index (χ1) is 5.00. The smallest absolute Gasteiger partial charge is 0.214 e. The van der Waals surface area contributed by atoms with Gasteiger partial charge in [0, 0.05) is 0 Å². The molecule has 0 saturated carbocycles. The fourth-order valence-electron chi connectivity index (χ4n) is 0.642. The van der Waals surface area contributed by atoms with Gasteiger partial charge < -0.3 is 0 Å². The van der Waals surface area contributed by atoms with Gasteiger partial charge in [0.1, 0.15) is 0 Å². The molecule has 0 atom stereocenters.